The minimum absolute atomic E-state index is 0.0184. The summed E-state index contributed by atoms with van der Waals surface area (Å²) in [5.74, 6) is 0.526. The topological polar surface area (TPSA) is 105 Å². The van der Waals surface area contributed by atoms with Gasteiger partial charge in [0.15, 0.2) is 17.6 Å². The molecule has 1 amide bonds. The number of rotatable bonds is 6. The van der Waals surface area contributed by atoms with E-state index in [0.717, 1.165) is 0 Å². The molecule has 0 saturated carbocycles. The van der Waals surface area contributed by atoms with Crippen molar-refractivity contribution in [2.75, 3.05) is 12.1 Å². The first kappa shape index (κ1) is 17.7. The zero-order valence-electron chi connectivity index (χ0n) is 15.0. The maximum Gasteiger partial charge on any atom is 0.375 e. The second-order valence-electron chi connectivity index (χ2n) is 6.07. The van der Waals surface area contributed by atoms with E-state index in [0.29, 0.717) is 29.5 Å². The largest absolute Gasteiger partial charge is 0.454 e. The average Bonchev–Trinajstić information content (AvgIpc) is 3.43. The highest BCUT2D eigenvalue weighted by Crippen LogP contribution is 2.34. The Morgan fingerprint density at radius 1 is 1.25 bits per heavy atom. The van der Waals surface area contributed by atoms with Crippen LogP contribution in [0.3, 0.4) is 0 Å². The highest BCUT2D eigenvalue weighted by atomic mass is 16.7. The number of furan rings is 1. The van der Waals surface area contributed by atoms with Crippen molar-refractivity contribution in [2.24, 2.45) is 0 Å². The van der Waals surface area contributed by atoms with Gasteiger partial charge in [0.2, 0.25) is 12.6 Å². The number of hydrogen-bond acceptors (Lipinski definition) is 7. The fraction of sp³-hybridized carbons (Fsp3) is 0.211. The van der Waals surface area contributed by atoms with Crippen molar-refractivity contribution >= 4 is 17.6 Å². The molecule has 4 rings (SSSR count). The molecule has 3 aromatic rings. The molecule has 144 valence electrons. The first-order valence-electron chi connectivity index (χ1n) is 8.56. The van der Waals surface area contributed by atoms with Gasteiger partial charge in [0.05, 0.1) is 6.54 Å². The van der Waals surface area contributed by atoms with Crippen LogP contribution in [0.4, 0.5) is 5.69 Å². The van der Waals surface area contributed by atoms with E-state index in [-0.39, 0.29) is 12.6 Å². The maximum atomic E-state index is 12.3. The van der Waals surface area contributed by atoms with Crippen LogP contribution in [0.1, 0.15) is 23.2 Å². The van der Waals surface area contributed by atoms with Crippen LogP contribution in [0.5, 0.6) is 11.5 Å². The number of carbonyl (C=O) groups excluding carboxylic acids is 2. The summed E-state index contributed by atoms with van der Waals surface area (Å²) in [6, 6.07) is 9.97. The number of fused-ring (bicyclic) bond motifs is 1. The minimum atomic E-state index is -1.02. The van der Waals surface area contributed by atoms with E-state index in [1.807, 2.05) is 0 Å². The molecule has 9 heteroatoms. The molecule has 1 aliphatic heterocycles. The zero-order chi connectivity index (χ0) is 19.5. The molecule has 28 heavy (non-hydrogen) atoms. The van der Waals surface area contributed by atoms with E-state index in [4.69, 9.17) is 18.6 Å². The van der Waals surface area contributed by atoms with Gasteiger partial charge in [-0.25, -0.2) is 4.79 Å². The molecular formula is C19H17N3O6. The zero-order valence-corrected chi connectivity index (χ0v) is 15.0. The van der Waals surface area contributed by atoms with E-state index in [9.17, 15) is 9.59 Å². The van der Waals surface area contributed by atoms with Gasteiger partial charge in [-0.3, -0.25) is 9.48 Å². The van der Waals surface area contributed by atoms with Crippen molar-refractivity contribution in [1.29, 1.82) is 0 Å². The Kier molecular flexibility index (Phi) is 4.71. The second kappa shape index (κ2) is 7.47. The van der Waals surface area contributed by atoms with Crippen molar-refractivity contribution in [1.82, 2.24) is 9.78 Å². The van der Waals surface area contributed by atoms with Crippen molar-refractivity contribution in [3.05, 3.63) is 60.3 Å². The summed E-state index contributed by atoms with van der Waals surface area (Å²) in [6.07, 6.45) is 2.42. The van der Waals surface area contributed by atoms with Gasteiger partial charge in [0, 0.05) is 24.1 Å². The van der Waals surface area contributed by atoms with Crippen LogP contribution in [0.15, 0.2) is 53.2 Å². The summed E-state index contributed by atoms with van der Waals surface area (Å²) in [7, 11) is 0. The predicted molar refractivity (Wildman–Crippen MR) is 96.1 cm³/mol. The van der Waals surface area contributed by atoms with Crippen molar-refractivity contribution in [3.63, 3.8) is 0 Å². The molecule has 0 saturated heterocycles. The third-order valence-electron chi connectivity index (χ3n) is 4.03. The van der Waals surface area contributed by atoms with Crippen LogP contribution in [-0.4, -0.2) is 34.6 Å². The van der Waals surface area contributed by atoms with E-state index in [1.54, 1.807) is 47.4 Å². The van der Waals surface area contributed by atoms with Gasteiger partial charge < -0.3 is 23.9 Å². The lowest BCUT2D eigenvalue weighted by atomic mass is 10.2. The molecule has 0 fully saturated rings. The van der Waals surface area contributed by atoms with Crippen molar-refractivity contribution < 1.29 is 28.2 Å². The van der Waals surface area contributed by atoms with Gasteiger partial charge in [0.25, 0.3) is 5.91 Å². The second-order valence-corrected chi connectivity index (χ2v) is 6.07. The average molecular weight is 383 g/mol. The first-order valence-corrected chi connectivity index (χ1v) is 8.56. The molecule has 1 aliphatic rings. The van der Waals surface area contributed by atoms with Crippen LogP contribution >= 0.6 is 0 Å². The fourth-order valence-electron chi connectivity index (χ4n) is 2.62. The van der Waals surface area contributed by atoms with Gasteiger partial charge >= 0.3 is 5.97 Å². The number of hydrogen-bond donors (Lipinski definition) is 1. The highest BCUT2D eigenvalue weighted by molar-refractivity contribution is 5.96. The van der Waals surface area contributed by atoms with E-state index >= 15 is 0 Å². The Morgan fingerprint density at radius 2 is 2.11 bits per heavy atom. The smallest absolute Gasteiger partial charge is 0.375 e. The van der Waals surface area contributed by atoms with Crippen LogP contribution in [0, 0.1) is 0 Å². The molecule has 2 aromatic heterocycles. The van der Waals surface area contributed by atoms with Crippen LogP contribution in [-0.2, 0) is 16.1 Å². The SMILES string of the molecule is CC(OC(=O)c1ccc(Cn2cccn2)o1)C(=O)Nc1ccc2c(c1)OCO2. The summed E-state index contributed by atoms with van der Waals surface area (Å²) in [5, 5.41) is 6.74. The Hall–Kier alpha value is -3.75. The molecule has 9 nitrogen and oxygen atoms in total. The van der Waals surface area contributed by atoms with Gasteiger partial charge in [-0.15, -0.1) is 0 Å². The lowest BCUT2D eigenvalue weighted by molar-refractivity contribution is -0.123. The molecule has 0 bridgehead atoms. The standard InChI is InChI=1S/C19H17N3O6/c1-12(18(23)21-13-3-5-15-17(9-13)26-11-25-15)27-19(24)16-6-4-14(28-16)10-22-8-2-7-20-22/h2-9,12H,10-11H2,1H3,(H,21,23). The van der Waals surface area contributed by atoms with E-state index < -0.39 is 18.0 Å². The Labute approximate surface area is 159 Å². The number of aromatic nitrogens is 2. The van der Waals surface area contributed by atoms with Gasteiger partial charge in [-0.2, -0.15) is 5.10 Å². The van der Waals surface area contributed by atoms with Gasteiger partial charge in [-0.05, 0) is 37.3 Å². The number of amides is 1. The lowest BCUT2D eigenvalue weighted by Gasteiger charge is -2.13. The summed E-state index contributed by atoms with van der Waals surface area (Å²) >= 11 is 0. The number of nitrogens with zero attached hydrogens (tertiary/aromatic N) is 2. The normalized spacial score (nSPS) is 13.2. The Balaban J connectivity index is 1.33. The van der Waals surface area contributed by atoms with E-state index in [1.165, 1.54) is 13.0 Å². The number of carbonyl (C=O) groups is 2. The van der Waals surface area contributed by atoms with Gasteiger partial charge in [-0.1, -0.05) is 0 Å². The van der Waals surface area contributed by atoms with Crippen LogP contribution < -0.4 is 14.8 Å². The maximum absolute atomic E-state index is 12.3. The quantitative estimate of drug-likeness (QED) is 0.652. The predicted octanol–water partition coefficient (Wildman–Crippen LogP) is 2.44. The molecule has 1 N–H and O–H groups in total. The Morgan fingerprint density at radius 3 is 2.93 bits per heavy atom. The monoisotopic (exact) mass is 383 g/mol. The minimum Gasteiger partial charge on any atom is -0.454 e. The first-order chi connectivity index (χ1) is 13.6. The number of anilines is 1. The third-order valence-corrected chi connectivity index (χ3v) is 4.03. The summed E-state index contributed by atoms with van der Waals surface area (Å²) in [6.45, 7) is 2.01. The summed E-state index contributed by atoms with van der Waals surface area (Å²) in [5.41, 5.74) is 0.511. The number of esters is 1. The molecule has 0 spiro atoms. The van der Waals surface area contributed by atoms with E-state index in [2.05, 4.69) is 10.4 Å². The molecule has 1 unspecified atom stereocenters. The van der Waals surface area contributed by atoms with Crippen LogP contribution in [0.2, 0.25) is 0 Å². The van der Waals surface area contributed by atoms with Crippen molar-refractivity contribution in [2.45, 2.75) is 19.6 Å². The number of benzene rings is 1. The molecule has 1 atom stereocenters. The highest BCUT2D eigenvalue weighted by Gasteiger charge is 2.22. The Bertz CT molecular complexity index is 995. The number of nitrogens with one attached hydrogen (secondary N) is 1. The fourth-order valence-corrected chi connectivity index (χ4v) is 2.62. The molecule has 0 aliphatic carbocycles. The molecule has 1 aromatic carbocycles. The number of ether oxygens (including phenoxy) is 3. The van der Waals surface area contributed by atoms with Crippen LogP contribution in [0.25, 0.3) is 0 Å². The summed E-state index contributed by atoms with van der Waals surface area (Å²) in [4.78, 5) is 24.5. The third kappa shape index (κ3) is 3.83. The summed E-state index contributed by atoms with van der Waals surface area (Å²) < 4.78 is 22.8. The van der Waals surface area contributed by atoms with Crippen molar-refractivity contribution in [3.8, 4) is 11.5 Å². The molecule has 3 heterocycles. The molecule has 0 radical (unpaired) electrons. The van der Waals surface area contributed by atoms with Gasteiger partial charge in [0.1, 0.15) is 5.76 Å². The molecular weight excluding hydrogens is 366 g/mol. The lowest BCUT2D eigenvalue weighted by Crippen LogP contribution is -2.29.